The highest BCUT2D eigenvalue weighted by Gasteiger charge is 2.30. The number of carbonyl (C=O) groups excluding carboxylic acids is 1. The van der Waals surface area contributed by atoms with Gasteiger partial charge < -0.3 is 4.90 Å². The van der Waals surface area contributed by atoms with Crippen LogP contribution in [0, 0.1) is 5.92 Å². The summed E-state index contributed by atoms with van der Waals surface area (Å²) < 4.78 is 24.5. The molecule has 7 heteroatoms. The van der Waals surface area contributed by atoms with Gasteiger partial charge in [-0.25, -0.2) is 12.7 Å². The van der Waals surface area contributed by atoms with Gasteiger partial charge in [0, 0.05) is 37.5 Å². The first-order valence-electron chi connectivity index (χ1n) is 7.64. The van der Waals surface area contributed by atoms with E-state index in [0.29, 0.717) is 32.5 Å². The third kappa shape index (κ3) is 4.96. The molecule has 0 saturated carbocycles. The summed E-state index contributed by atoms with van der Waals surface area (Å²) in [5, 5.41) is 0. The van der Waals surface area contributed by atoms with E-state index in [4.69, 9.17) is 0 Å². The van der Waals surface area contributed by atoms with Gasteiger partial charge in [0.1, 0.15) is 0 Å². The molecule has 1 amide bonds. The van der Waals surface area contributed by atoms with Gasteiger partial charge in [-0.05, 0) is 36.8 Å². The molecule has 0 unspecified atom stereocenters. The second kappa shape index (κ2) is 7.68. The van der Waals surface area contributed by atoms with E-state index in [2.05, 4.69) is 12.1 Å². The van der Waals surface area contributed by atoms with Crippen LogP contribution in [-0.4, -0.2) is 56.2 Å². The number of thioether (sulfide) groups is 1. The smallest absolute Gasteiger partial charge is 0.225 e. The standard InChI is InChI=1S/C16H24N2O3S2/c1-17(12-13-4-6-15(22-2)7-5-13)16(19)14-8-10-18(11-9-14)23(3,20)21/h4-7,14H,8-12H2,1-3H3. The number of carbonyl (C=O) groups is 1. The van der Waals surface area contributed by atoms with E-state index >= 15 is 0 Å². The van der Waals surface area contributed by atoms with E-state index < -0.39 is 10.0 Å². The molecule has 0 bridgehead atoms. The molecule has 1 fully saturated rings. The van der Waals surface area contributed by atoms with Crippen molar-refractivity contribution in [2.75, 3.05) is 32.6 Å². The monoisotopic (exact) mass is 356 g/mol. The Morgan fingerprint density at radius 1 is 1.26 bits per heavy atom. The molecule has 23 heavy (non-hydrogen) atoms. The van der Waals surface area contributed by atoms with Crippen molar-refractivity contribution >= 4 is 27.7 Å². The second-order valence-electron chi connectivity index (χ2n) is 5.98. The summed E-state index contributed by atoms with van der Waals surface area (Å²) in [6.07, 6.45) is 4.45. The minimum Gasteiger partial charge on any atom is -0.341 e. The molecule has 0 atom stereocenters. The Hall–Kier alpha value is -1.05. The zero-order chi connectivity index (χ0) is 17.0. The van der Waals surface area contributed by atoms with Crippen LogP contribution >= 0.6 is 11.8 Å². The average molecular weight is 357 g/mol. The highest BCUT2D eigenvalue weighted by atomic mass is 32.2. The largest absolute Gasteiger partial charge is 0.341 e. The maximum absolute atomic E-state index is 12.5. The highest BCUT2D eigenvalue weighted by molar-refractivity contribution is 7.98. The van der Waals surface area contributed by atoms with Crippen molar-refractivity contribution in [3.63, 3.8) is 0 Å². The van der Waals surface area contributed by atoms with Gasteiger partial charge in [-0.1, -0.05) is 12.1 Å². The van der Waals surface area contributed by atoms with Crippen LogP contribution in [0.2, 0.25) is 0 Å². The molecule has 5 nitrogen and oxygen atoms in total. The fourth-order valence-electron chi connectivity index (χ4n) is 2.83. The number of hydrogen-bond donors (Lipinski definition) is 0. The van der Waals surface area contributed by atoms with Crippen LogP contribution in [0.3, 0.4) is 0 Å². The molecule has 1 heterocycles. The van der Waals surface area contributed by atoms with Crippen LogP contribution in [0.4, 0.5) is 0 Å². The van der Waals surface area contributed by atoms with Crippen LogP contribution in [0.15, 0.2) is 29.2 Å². The molecule has 0 N–H and O–H groups in total. The second-order valence-corrected chi connectivity index (χ2v) is 8.84. The van der Waals surface area contributed by atoms with Crippen LogP contribution in [0.1, 0.15) is 18.4 Å². The third-order valence-corrected chi connectivity index (χ3v) is 6.27. The average Bonchev–Trinajstić information content (AvgIpc) is 2.54. The number of piperidine rings is 1. The summed E-state index contributed by atoms with van der Waals surface area (Å²) >= 11 is 1.69. The van der Waals surface area contributed by atoms with Gasteiger partial charge in [0.05, 0.1) is 6.26 Å². The van der Waals surface area contributed by atoms with Crippen molar-refractivity contribution < 1.29 is 13.2 Å². The molecular weight excluding hydrogens is 332 g/mol. The number of rotatable bonds is 5. The van der Waals surface area contributed by atoms with E-state index in [9.17, 15) is 13.2 Å². The Balaban J connectivity index is 1.90. The Morgan fingerprint density at radius 2 is 1.83 bits per heavy atom. The number of nitrogens with zero attached hydrogens (tertiary/aromatic N) is 2. The van der Waals surface area contributed by atoms with Gasteiger partial charge in [0.15, 0.2) is 0 Å². The van der Waals surface area contributed by atoms with Crippen LogP contribution in [0.5, 0.6) is 0 Å². The van der Waals surface area contributed by atoms with E-state index in [1.54, 1.807) is 16.7 Å². The molecule has 1 aromatic rings. The minimum absolute atomic E-state index is 0.0801. The van der Waals surface area contributed by atoms with Crippen molar-refractivity contribution in [1.29, 1.82) is 0 Å². The maximum Gasteiger partial charge on any atom is 0.225 e. The summed E-state index contributed by atoms with van der Waals surface area (Å²) in [6, 6.07) is 8.20. The lowest BCUT2D eigenvalue weighted by atomic mass is 9.96. The van der Waals surface area contributed by atoms with Crippen molar-refractivity contribution in [2.24, 2.45) is 5.92 Å². The zero-order valence-electron chi connectivity index (χ0n) is 13.9. The van der Waals surface area contributed by atoms with Crippen molar-refractivity contribution in [3.8, 4) is 0 Å². The van der Waals surface area contributed by atoms with Crippen LogP contribution in [-0.2, 0) is 21.4 Å². The quantitative estimate of drug-likeness (QED) is 0.758. The summed E-state index contributed by atoms with van der Waals surface area (Å²) in [6.45, 7) is 1.46. The SMILES string of the molecule is CSc1ccc(CN(C)C(=O)C2CCN(S(C)(=O)=O)CC2)cc1. The number of hydrogen-bond acceptors (Lipinski definition) is 4. The minimum atomic E-state index is -3.14. The first-order chi connectivity index (χ1) is 10.8. The number of amides is 1. The molecule has 0 radical (unpaired) electrons. The van der Waals surface area contributed by atoms with Gasteiger partial charge in [-0.15, -0.1) is 11.8 Å². The van der Waals surface area contributed by atoms with Gasteiger partial charge in [-0.3, -0.25) is 4.79 Å². The molecule has 0 aliphatic carbocycles. The van der Waals surface area contributed by atoms with Crippen molar-refractivity contribution in [1.82, 2.24) is 9.21 Å². The Bertz CT molecular complexity index is 636. The van der Waals surface area contributed by atoms with Gasteiger partial charge >= 0.3 is 0 Å². The van der Waals surface area contributed by atoms with E-state index in [0.717, 1.165) is 5.56 Å². The van der Waals surface area contributed by atoms with Crippen LogP contribution < -0.4 is 0 Å². The topological polar surface area (TPSA) is 57.7 Å². The fraction of sp³-hybridized carbons (Fsp3) is 0.562. The molecule has 1 aliphatic rings. The Labute approximate surface area is 143 Å². The highest BCUT2D eigenvalue weighted by Crippen LogP contribution is 2.22. The lowest BCUT2D eigenvalue weighted by Crippen LogP contribution is -2.42. The summed E-state index contributed by atoms with van der Waals surface area (Å²) in [5.74, 6) is 0.0237. The predicted octanol–water partition coefficient (Wildman–Crippen LogP) is 2.04. The van der Waals surface area contributed by atoms with E-state index in [1.165, 1.54) is 15.5 Å². The molecule has 1 aliphatic heterocycles. The van der Waals surface area contributed by atoms with Crippen molar-refractivity contribution in [3.05, 3.63) is 29.8 Å². The lowest BCUT2D eigenvalue weighted by Gasteiger charge is -2.31. The fourth-order valence-corrected chi connectivity index (χ4v) is 4.11. The van der Waals surface area contributed by atoms with Crippen LogP contribution in [0.25, 0.3) is 0 Å². The number of benzene rings is 1. The molecule has 1 aromatic carbocycles. The molecule has 1 saturated heterocycles. The molecule has 0 aromatic heterocycles. The Morgan fingerprint density at radius 3 is 2.30 bits per heavy atom. The summed E-state index contributed by atoms with van der Waals surface area (Å²) in [4.78, 5) is 15.5. The zero-order valence-corrected chi connectivity index (χ0v) is 15.5. The first-order valence-corrected chi connectivity index (χ1v) is 10.7. The summed E-state index contributed by atoms with van der Waals surface area (Å²) in [5.41, 5.74) is 1.10. The normalized spacial score (nSPS) is 17.2. The van der Waals surface area contributed by atoms with E-state index in [1.807, 2.05) is 25.4 Å². The molecule has 2 rings (SSSR count). The first kappa shape index (κ1) is 18.3. The van der Waals surface area contributed by atoms with Gasteiger partial charge in [-0.2, -0.15) is 0 Å². The van der Waals surface area contributed by atoms with Gasteiger partial charge in [0.2, 0.25) is 15.9 Å². The maximum atomic E-state index is 12.5. The molecule has 0 spiro atoms. The van der Waals surface area contributed by atoms with Gasteiger partial charge in [0.25, 0.3) is 0 Å². The van der Waals surface area contributed by atoms with E-state index in [-0.39, 0.29) is 11.8 Å². The Kier molecular flexibility index (Phi) is 6.11. The third-order valence-electron chi connectivity index (χ3n) is 4.23. The summed E-state index contributed by atoms with van der Waals surface area (Å²) in [7, 11) is -1.33. The van der Waals surface area contributed by atoms with Crippen molar-refractivity contribution in [2.45, 2.75) is 24.3 Å². The lowest BCUT2D eigenvalue weighted by molar-refractivity contribution is -0.135. The predicted molar refractivity (Wildman–Crippen MR) is 93.8 cm³/mol. The molecule has 128 valence electrons. The number of sulfonamides is 1. The molecular formula is C16H24N2O3S2.